The molecule has 0 aromatic carbocycles. The van der Waals surface area contributed by atoms with Crippen molar-refractivity contribution in [2.45, 2.75) is 0 Å². The first-order valence-corrected chi connectivity index (χ1v) is 7.78. The molecule has 0 radical (unpaired) electrons. The molecule has 0 amide bonds. The molecule has 2 aromatic heterocycles. The fourth-order valence-corrected chi connectivity index (χ4v) is 2.78. The second-order valence-corrected chi connectivity index (χ2v) is 5.50. The SMILES string of the molecule is COCCN1CCN(c2ncccc2-c2ccnc(N)n2)CC1. The lowest BCUT2D eigenvalue weighted by molar-refractivity contribution is 0.144. The molecular weight excluding hydrogens is 292 g/mol. The van der Waals surface area contributed by atoms with Crippen LogP contribution < -0.4 is 10.6 Å². The molecular formula is C16H22N6O. The van der Waals surface area contributed by atoms with E-state index in [4.69, 9.17) is 10.5 Å². The molecule has 3 rings (SSSR count). The van der Waals surface area contributed by atoms with Crippen LogP contribution in [0.1, 0.15) is 0 Å². The van der Waals surface area contributed by atoms with Gasteiger partial charge < -0.3 is 15.4 Å². The van der Waals surface area contributed by atoms with Crippen molar-refractivity contribution in [3.8, 4) is 11.3 Å². The van der Waals surface area contributed by atoms with E-state index in [1.165, 1.54) is 0 Å². The monoisotopic (exact) mass is 314 g/mol. The van der Waals surface area contributed by atoms with Crippen LogP contribution in [0.2, 0.25) is 0 Å². The van der Waals surface area contributed by atoms with Crippen LogP contribution in [0, 0.1) is 0 Å². The number of methoxy groups -OCH3 is 1. The highest BCUT2D eigenvalue weighted by Crippen LogP contribution is 2.28. The zero-order valence-corrected chi connectivity index (χ0v) is 13.4. The fourth-order valence-electron chi connectivity index (χ4n) is 2.78. The second-order valence-electron chi connectivity index (χ2n) is 5.50. The predicted molar refractivity (Wildman–Crippen MR) is 90.2 cm³/mol. The number of pyridine rings is 1. The number of nitrogens with zero attached hydrogens (tertiary/aromatic N) is 5. The Labute approximate surface area is 136 Å². The van der Waals surface area contributed by atoms with Crippen molar-refractivity contribution in [2.24, 2.45) is 0 Å². The summed E-state index contributed by atoms with van der Waals surface area (Å²) in [6, 6.07) is 5.82. The minimum absolute atomic E-state index is 0.279. The minimum atomic E-state index is 0.279. The maximum atomic E-state index is 5.71. The van der Waals surface area contributed by atoms with Gasteiger partial charge in [-0.3, -0.25) is 4.90 Å². The number of anilines is 2. The molecule has 7 nitrogen and oxygen atoms in total. The van der Waals surface area contributed by atoms with Gasteiger partial charge in [-0.1, -0.05) is 0 Å². The summed E-state index contributed by atoms with van der Waals surface area (Å²) in [5, 5.41) is 0. The van der Waals surface area contributed by atoms with Gasteiger partial charge in [-0.05, 0) is 18.2 Å². The highest BCUT2D eigenvalue weighted by Gasteiger charge is 2.20. The van der Waals surface area contributed by atoms with Crippen LogP contribution in [-0.2, 0) is 4.74 Å². The van der Waals surface area contributed by atoms with Crippen molar-refractivity contribution in [3.05, 3.63) is 30.6 Å². The predicted octanol–water partition coefficient (Wildman–Crippen LogP) is 0.889. The first-order chi connectivity index (χ1) is 11.3. The minimum Gasteiger partial charge on any atom is -0.383 e. The Morgan fingerprint density at radius 1 is 1.13 bits per heavy atom. The fraction of sp³-hybridized carbons (Fsp3) is 0.438. The lowest BCUT2D eigenvalue weighted by Gasteiger charge is -2.36. The summed E-state index contributed by atoms with van der Waals surface area (Å²) in [6.45, 7) is 5.63. The summed E-state index contributed by atoms with van der Waals surface area (Å²) < 4.78 is 5.15. The lowest BCUT2D eigenvalue weighted by Crippen LogP contribution is -2.47. The zero-order chi connectivity index (χ0) is 16.1. The van der Waals surface area contributed by atoms with E-state index in [-0.39, 0.29) is 5.95 Å². The molecule has 122 valence electrons. The van der Waals surface area contributed by atoms with Gasteiger partial charge in [0.05, 0.1) is 12.3 Å². The quantitative estimate of drug-likeness (QED) is 0.877. The average molecular weight is 314 g/mol. The smallest absolute Gasteiger partial charge is 0.220 e. The van der Waals surface area contributed by atoms with Gasteiger partial charge in [0.1, 0.15) is 5.82 Å². The molecule has 0 atom stereocenters. The zero-order valence-electron chi connectivity index (χ0n) is 13.4. The Kier molecular flexibility index (Phi) is 4.99. The molecule has 1 aliphatic rings. The van der Waals surface area contributed by atoms with Crippen LogP contribution >= 0.6 is 0 Å². The molecule has 0 spiro atoms. The van der Waals surface area contributed by atoms with Crippen molar-refractivity contribution in [2.75, 3.05) is 57.1 Å². The van der Waals surface area contributed by atoms with E-state index in [9.17, 15) is 0 Å². The molecule has 0 bridgehead atoms. The van der Waals surface area contributed by atoms with Crippen molar-refractivity contribution in [1.82, 2.24) is 19.9 Å². The number of nitrogen functional groups attached to an aromatic ring is 1. The number of rotatable bonds is 5. The first-order valence-electron chi connectivity index (χ1n) is 7.78. The summed E-state index contributed by atoms with van der Waals surface area (Å²) in [4.78, 5) is 17.6. The third-order valence-electron chi connectivity index (χ3n) is 4.02. The van der Waals surface area contributed by atoms with E-state index in [1.54, 1.807) is 13.3 Å². The molecule has 1 saturated heterocycles. The third kappa shape index (κ3) is 3.75. The molecule has 3 heterocycles. The van der Waals surface area contributed by atoms with Crippen LogP contribution in [-0.4, -0.2) is 66.3 Å². The number of nitrogens with two attached hydrogens (primary N) is 1. The van der Waals surface area contributed by atoms with Gasteiger partial charge in [-0.25, -0.2) is 15.0 Å². The second kappa shape index (κ2) is 7.34. The Bertz CT molecular complexity index is 642. The van der Waals surface area contributed by atoms with Gasteiger partial charge in [0.15, 0.2) is 0 Å². The Morgan fingerprint density at radius 2 is 1.96 bits per heavy atom. The summed E-state index contributed by atoms with van der Waals surface area (Å²) in [6.07, 6.45) is 3.50. The number of hydrogen-bond acceptors (Lipinski definition) is 7. The highest BCUT2D eigenvalue weighted by molar-refractivity contribution is 5.73. The summed E-state index contributed by atoms with van der Waals surface area (Å²) in [5.74, 6) is 1.23. The Morgan fingerprint density at radius 3 is 2.70 bits per heavy atom. The molecule has 1 fully saturated rings. The summed E-state index contributed by atoms with van der Waals surface area (Å²) >= 11 is 0. The van der Waals surface area contributed by atoms with Crippen LogP contribution in [0.5, 0.6) is 0 Å². The molecule has 1 aliphatic heterocycles. The maximum absolute atomic E-state index is 5.71. The summed E-state index contributed by atoms with van der Waals surface area (Å²) in [7, 11) is 1.74. The van der Waals surface area contributed by atoms with Crippen molar-refractivity contribution in [1.29, 1.82) is 0 Å². The van der Waals surface area contributed by atoms with Gasteiger partial charge in [0.2, 0.25) is 5.95 Å². The number of hydrogen-bond donors (Lipinski definition) is 1. The standard InChI is InChI=1S/C16H22N6O/c1-23-12-11-21-7-9-22(10-8-21)15-13(3-2-5-18-15)14-4-6-19-16(17)20-14/h2-6H,7-12H2,1H3,(H2,17,19,20). The normalized spacial score (nSPS) is 15.8. The van der Waals surface area contributed by atoms with Gasteiger partial charge in [0.25, 0.3) is 0 Å². The molecule has 0 aliphatic carbocycles. The Balaban J connectivity index is 1.77. The lowest BCUT2D eigenvalue weighted by atomic mass is 10.1. The third-order valence-corrected chi connectivity index (χ3v) is 4.02. The number of piperazine rings is 1. The van der Waals surface area contributed by atoms with E-state index in [1.807, 2.05) is 24.4 Å². The van der Waals surface area contributed by atoms with Crippen molar-refractivity contribution >= 4 is 11.8 Å². The van der Waals surface area contributed by atoms with Gasteiger partial charge in [-0.2, -0.15) is 0 Å². The topological polar surface area (TPSA) is 80.4 Å². The average Bonchev–Trinajstić information content (AvgIpc) is 2.60. The molecule has 0 saturated carbocycles. The molecule has 23 heavy (non-hydrogen) atoms. The molecule has 2 N–H and O–H groups in total. The Hall–Kier alpha value is -2.25. The van der Waals surface area contributed by atoms with Gasteiger partial charge in [0, 0.05) is 57.8 Å². The van der Waals surface area contributed by atoms with Crippen LogP contribution in [0.4, 0.5) is 11.8 Å². The largest absolute Gasteiger partial charge is 0.383 e. The number of ether oxygens (including phenoxy) is 1. The van der Waals surface area contributed by atoms with E-state index in [0.29, 0.717) is 0 Å². The molecule has 0 unspecified atom stereocenters. The van der Waals surface area contributed by atoms with Crippen molar-refractivity contribution < 1.29 is 4.74 Å². The van der Waals surface area contributed by atoms with Gasteiger partial charge in [-0.15, -0.1) is 0 Å². The van der Waals surface area contributed by atoms with Crippen LogP contribution in [0.3, 0.4) is 0 Å². The number of aromatic nitrogens is 3. The maximum Gasteiger partial charge on any atom is 0.220 e. The molecule has 7 heteroatoms. The van der Waals surface area contributed by atoms with Crippen molar-refractivity contribution in [3.63, 3.8) is 0 Å². The summed E-state index contributed by atoms with van der Waals surface area (Å²) in [5.41, 5.74) is 7.51. The first kappa shape index (κ1) is 15.6. The highest BCUT2D eigenvalue weighted by atomic mass is 16.5. The van der Waals surface area contributed by atoms with Crippen LogP contribution in [0.15, 0.2) is 30.6 Å². The van der Waals surface area contributed by atoms with E-state index < -0.39 is 0 Å². The van der Waals surface area contributed by atoms with Gasteiger partial charge >= 0.3 is 0 Å². The van der Waals surface area contributed by atoms with E-state index in [0.717, 1.165) is 56.4 Å². The van der Waals surface area contributed by atoms with E-state index in [2.05, 4.69) is 24.8 Å². The van der Waals surface area contributed by atoms with E-state index >= 15 is 0 Å². The van der Waals surface area contributed by atoms with Crippen LogP contribution in [0.25, 0.3) is 11.3 Å². The molecule has 2 aromatic rings.